The molecule has 7 heteroatoms. The molecule has 0 radical (unpaired) electrons. The van der Waals surface area contributed by atoms with Crippen molar-refractivity contribution in [2.75, 3.05) is 20.1 Å². The first kappa shape index (κ1) is 17.9. The van der Waals surface area contributed by atoms with Gasteiger partial charge in [0.25, 0.3) is 0 Å². The minimum Gasteiger partial charge on any atom is -0.354 e. The number of nitrogens with one attached hydrogen (secondary N) is 1. The zero-order chi connectivity index (χ0) is 18.4. The third kappa shape index (κ3) is 4.58. The second kappa shape index (κ2) is 8.44. The summed E-state index contributed by atoms with van der Waals surface area (Å²) in [5, 5.41) is 7.00. The van der Waals surface area contributed by atoms with E-state index in [9.17, 15) is 9.59 Å². The van der Waals surface area contributed by atoms with Gasteiger partial charge in [-0.2, -0.15) is 0 Å². The van der Waals surface area contributed by atoms with Crippen LogP contribution in [0.1, 0.15) is 12.0 Å². The number of aromatic nitrogens is 3. The normalized spacial score (nSPS) is 11.2. The van der Waals surface area contributed by atoms with E-state index in [0.717, 1.165) is 19.5 Å². The average molecular weight is 353 g/mol. The quantitative estimate of drug-likeness (QED) is 0.617. The molecular formula is C19H23N5O2. The summed E-state index contributed by atoms with van der Waals surface area (Å²) in [5.74, 6) is -0.207. The first-order valence-corrected chi connectivity index (χ1v) is 8.67. The van der Waals surface area contributed by atoms with Crippen LogP contribution in [0.2, 0.25) is 0 Å². The molecule has 1 aromatic carbocycles. The van der Waals surface area contributed by atoms with E-state index < -0.39 is 0 Å². The van der Waals surface area contributed by atoms with Crippen LogP contribution in [0.4, 0.5) is 0 Å². The number of benzene rings is 1. The highest BCUT2D eigenvalue weighted by Crippen LogP contribution is 2.02. The second-order valence-corrected chi connectivity index (χ2v) is 6.30. The van der Waals surface area contributed by atoms with Gasteiger partial charge in [0.2, 0.25) is 5.91 Å². The molecule has 0 saturated heterocycles. The number of hydrogen-bond donors (Lipinski definition) is 1. The van der Waals surface area contributed by atoms with E-state index in [1.54, 1.807) is 24.4 Å². The lowest BCUT2D eigenvalue weighted by Crippen LogP contribution is -2.34. The minimum atomic E-state index is -0.307. The predicted octanol–water partition coefficient (Wildman–Crippen LogP) is 1.13. The van der Waals surface area contributed by atoms with Gasteiger partial charge in [-0.1, -0.05) is 36.4 Å². The van der Waals surface area contributed by atoms with Gasteiger partial charge in [0.15, 0.2) is 5.65 Å². The summed E-state index contributed by atoms with van der Waals surface area (Å²) >= 11 is 0. The van der Waals surface area contributed by atoms with Crippen LogP contribution in [0, 0.1) is 0 Å². The van der Waals surface area contributed by atoms with Crippen LogP contribution in [0.15, 0.2) is 59.5 Å². The van der Waals surface area contributed by atoms with Gasteiger partial charge in [0.1, 0.15) is 6.54 Å². The van der Waals surface area contributed by atoms with Gasteiger partial charge in [0.05, 0.1) is 0 Å². The molecule has 136 valence electrons. The van der Waals surface area contributed by atoms with Crippen molar-refractivity contribution >= 4 is 11.6 Å². The van der Waals surface area contributed by atoms with Crippen molar-refractivity contribution < 1.29 is 4.79 Å². The Kier molecular flexibility index (Phi) is 5.80. The first-order chi connectivity index (χ1) is 12.6. The van der Waals surface area contributed by atoms with Gasteiger partial charge in [-0.15, -0.1) is 5.10 Å². The summed E-state index contributed by atoms with van der Waals surface area (Å²) < 4.78 is 2.61. The van der Waals surface area contributed by atoms with E-state index in [1.165, 1.54) is 14.6 Å². The van der Waals surface area contributed by atoms with Crippen molar-refractivity contribution in [3.63, 3.8) is 0 Å². The first-order valence-electron chi connectivity index (χ1n) is 8.67. The lowest BCUT2D eigenvalue weighted by Gasteiger charge is -2.16. The smallest absolute Gasteiger partial charge is 0.350 e. The highest BCUT2D eigenvalue weighted by Gasteiger charge is 2.10. The van der Waals surface area contributed by atoms with E-state index in [4.69, 9.17) is 0 Å². The van der Waals surface area contributed by atoms with Gasteiger partial charge >= 0.3 is 5.69 Å². The Morgan fingerprint density at radius 1 is 1.15 bits per heavy atom. The Morgan fingerprint density at radius 2 is 1.92 bits per heavy atom. The van der Waals surface area contributed by atoms with Crippen molar-refractivity contribution in [1.29, 1.82) is 0 Å². The maximum absolute atomic E-state index is 12.1. The number of nitrogens with zero attached hydrogens (tertiary/aromatic N) is 4. The Bertz CT molecular complexity index is 916. The summed E-state index contributed by atoms with van der Waals surface area (Å²) in [4.78, 5) is 26.4. The number of carbonyl (C=O) groups is 1. The van der Waals surface area contributed by atoms with Crippen molar-refractivity contribution in [1.82, 2.24) is 24.4 Å². The topological polar surface area (TPSA) is 71.6 Å². The zero-order valence-corrected chi connectivity index (χ0v) is 14.8. The van der Waals surface area contributed by atoms with Crippen LogP contribution in [0.25, 0.3) is 5.65 Å². The Balaban J connectivity index is 1.41. The fraction of sp³-hybridized carbons (Fsp3) is 0.316. The van der Waals surface area contributed by atoms with Crippen molar-refractivity contribution in [2.24, 2.45) is 0 Å². The molecule has 2 heterocycles. The highest BCUT2D eigenvalue weighted by atomic mass is 16.2. The SMILES string of the molecule is CN(CCCNC(=O)Cn1nc2ccccn2c1=O)Cc1ccccc1. The van der Waals surface area contributed by atoms with Gasteiger partial charge in [-0.25, -0.2) is 9.48 Å². The summed E-state index contributed by atoms with van der Waals surface area (Å²) in [7, 11) is 2.06. The molecule has 0 atom stereocenters. The molecule has 0 aliphatic carbocycles. The van der Waals surface area contributed by atoms with E-state index in [-0.39, 0.29) is 18.1 Å². The molecule has 0 unspecified atom stereocenters. The molecule has 1 N–H and O–H groups in total. The minimum absolute atomic E-state index is 0.0691. The van der Waals surface area contributed by atoms with Crippen LogP contribution in [0.5, 0.6) is 0 Å². The third-order valence-electron chi connectivity index (χ3n) is 4.12. The third-order valence-corrected chi connectivity index (χ3v) is 4.12. The molecule has 3 aromatic rings. The lowest BCUT2D eigenvalue weighted by atomic mass is 10.2. The number of rotatable bonds is 8. The number of pyridine rings is 1. The summed E-state index contributed by atoms with van der Waals surface area (Å²) in [6.07, 6.45) is 2.48. The molecule has 1 amide bonds. The summed E-state index contributed by atoms with van der Waals surface area (Å²) in [5.41, 5.74) is 1.50. The van der Waals surface area contributed by atoms with Gasteiger partial charge in [-0.05, 0) is 37.7 Å². The fourth-order valence-corrected chi connectivity index (χ4v) is 2.81. The van der Waals surface area contributed by atoms with Crippen LogP contribution in [0.3, 0.4) is 0 Å². The van der Waals surface area contributed by atoms with Gasteiger partial charge in [0, 0.05) is 19.3 Å². The summed E-state index contributed by atoms with van der Waals surface area (Å²) in [6, 6.07) is 15.6. The molecule has 2 aromatic heterocycles. The Labute approximate surface area is 151 Å². The Morgan fingerprint density at radius 3 is 2.69 bits per heavy atom. The second-order valence-electron chi connectivity index (χ2n) is 6.30. The predicted molar refractivity (Wildman–Crippen MR) is 99.9 cm³/mol. The monoisotopic (exact) mass is 353 g/mol. The molecule has 26 heavy (non-hydrogen) atoms. The molecule has 0 spiro atoms. The highest BCUT2D eigenvalue weighted by molar-refractivity contribution is 5.75. The number of amides is 1. The number of fused-ring (bicyclic) bond motifs is 1. The van der Waals surface area contributed by atoms with Crippen LogP contribution < -0.4 is 11.0 Å². The lowest BCUT2D eigenvalue weighted by molar-refractivity contribution is -0.121. The molecular weight excluding hydrogens is 330 g/mol. The Hall–Kier alpha value is -2.93. The van der Waals surface area contributed by atoms with E-state index in [0.29, 0.717) is 12.2 Å². The van der Waals surface area contributed by atoms with E-state index in [2.05, 4.69) is 34.5 Å². The van der Waals surface area contributed by atoms with Gasteiger partial charge < -0.3 is 10.2 Å². The molecule has 0 saturated carbocycles. The average Bonchev–Trinajstić information content (AvgIpc) is 2.96. The van der Waals surface area contributed by atoms with Crippen LogP contribution >= 0.6 is 0 Å². The largest absolute Gasteiger partial charge is 0.354 e. The molecule has 3 rings (SSSR count). The summed E-state index contributed by atoms with van der Waals surface area (Å²) in [6.45, 7) is 2.26. The molecule has 0 bridgehead atoms. The molecule has 0 aliphatic heterocycles. The van der Waals surface area contributed by atoms with Crippen molar-refractivity contribution in [3.8, 4) is 0 Å². The maximum atomic E-state index is 12.1. The standard InChI is InChI=1S/C19H23N5O2/c1-22(14-16-8-3-2-4-9-16)12-7-11-20-18(25)15-24-19(26)23-13-6-5-10-17(23)21-24/h2-6,8-10,13H,7,11-12,14-15H2,1H3,(H,20,25). The fourth-order valence-electron chi connectivity index (χ4n) is 2.81. The van der Waals surface area contributed by atoms with Crippen LogP contribution in [-0.4, -0.2) is 45.1 Å². The van der Waals surface area contributed by atoms with Crippen molar-refractivity contribution in [3.05, 3.63) is 70.8 Å². The van der Waals surface area contributed by atoms with E-state index >= 15 is 0 Å². The van der Waals surface area contributed by atoms with E-state index in [1.807, 2.05) is 18.2 Å². The maximum Gasteiger partial charge on any atom is 0.350 e. The molecule has 0 fully saturated rings. The van der Waals surface area contributed by atoms with Gasteiger partial charge in [-0.3, -0.25) is 9.20 Å². The zero-order valence-electron chi connectivity index (χ0n) is 14.8. The van der Waals surface area contributed by atoms with Crippen LogP contribution in [-0.2, 0) is 17.9 Å². The number of hydrogen-bond acceptors (Lipinski definition) is 4. The molecule has 7 nitrogen and oxygen atoms in total. The number of carbonyl (C=O) groups excluding carboxylic acids is 1. The van der Waals surface area contributed by atoms with Crippen molar-refractivity contribution in [2.45, 2.75) is 19.5 Å². The molecule has 0 aliphatic rings.